The highest BCUT2D eigenvalue weighted by Gasteiger charge is 2.37. The molecular formula is C15H20N2. The Hall–Kier alpha value is -1.12. The van der Waals surface area contributed by atoms with Gasteiger partial charge in [-0.15, -0.1) is 0 Å². The van der Waals surface area contributed by atoms with Gasteiger partial charge in [-0.1, -0.05) is 42.5 Å². The van der Waals surface area contributed by atoms with Crippen LogP contribution in [-0.2, 0) is 0 Å². The van der Waals surface area contributed by atoms with Gasteiger partial charge in [0, 0.05) is 24.5 Å². The van der Waals surface area contributed by atoms with Gasteiger partial charge in [-0.3, -0.25) is 0 Å². The van der Waals surface area contributed by atoms with Crippen molar-refractivity contribution in [2.45, 2.75) is 30.8 Å². The van der Waals surface area contributed by atoms with E-state index in [0.29, 0.717) is 12.0 Å². The number of hydrogen-bond donors (Lipinski definition) is 2. The van der Waals surface area contributed by atoms with Gasteiger partial charge in [-0.2, -0.15) is 0 Å². The fourth-order valence-corrected chi connectivity index (χ4v) is 2.75. The molecule has 4 unspecified atom stereocenters. The van der Waals surface area contributed by atoms with Crippen LogP contribution in [0.3, 0.4) is 0 Å². The lowest BCUT2D eigenvalue weighted by molar-refractivity contribution is 0.522. The Kier molecular flexibility index (Phi) is 3.00. The third kappa shape index (κ3) is 2.59. The maximum atomic E-state index is 5.85. The summed E-state index contributed by atoms with van der Waals surface area (Å²) in [6, 6.07) is 11.8. The van der Waals surface area contributed by atoms with Gasteiger partial charge < -0.3 is 11.1 Å². The van der Waals surface area contributed by atoms with Crippen LogP contribution in [0, 0.1) is 5.92 Å². The zero-order valence-electron chi connectivity index (χ0n) is 10.0. The molecule has 1 aromatic rings. The molecular weight excluding hydrogens is 208 g/mol. The second-order valence-electron chi connectivity index (χ2n) is 5.31. The van der Waals surface area contributed by atoms with Gasteiger partial charge in [-0.05, 0) is 24.3 Å². The molecule has 3 N–H and O–H groups in total. The zero-order valence-corrected chi connectivity index (χ0v) is 10.0. The smallest absolute Gasteiger partial charge is 0.0229 e. The van der Waals surface area contributed by atoms with Gasteiger partial charge in [0.2, 0.25) is 0 Å². The third-order valence-electron chi connectivity index (χ3n) is 3.87. The van der Waals surface area contributed by atoms with Gasteiger partial charge in [0.15, 0.2) is 0 Å². The summed E-state index contributed by atoms with van der Waals surface area (Å²) >= 11 is 0. The van der Waals surface area contributed by atoms with Crippen LogP contribution in [0.1, 0.15) is 24.3 Å². The first-order valence-electron chi connectivity index (χ1n) is 6.55. The first kappa shape index (κ1) is 11.0. The Bertz CT molecular complexity index is 399. The molecule has 0 bridgehead atoms. The van der Waals surface area contributed by atoms with Crippen LogP contribution in [0.4, 0.5) is 0 Å². The minimum atomic E-state index is 0.283. The van der Waals surface area contributed by atoms with Gasteiger partial charge in [0.05, 0.1) is 0 Å². The van der Waals surface area contributed by atoms with E-state index in [2.05, 4.69) is 47.8 Å². The number of benzene rings is 1. The van der Waals surface area contributed by atoms with E-state index in [1.165, 1.54) is 12.0 Å². The molecule has 0 aromatic heterocycles. The van der Waals surface area contributed by atoms with E-state index >= 15 is 0 Å². The molecule has 2 heteroatoms. The van der Waals surface area contributed by atoms with Gasteiger partial charge >= 0.3 is 0 Å². The van der Waals surface area contributed by atoms with E-state index in [1.54, 1.807) is 0 Å². The fraction of sp³-hybridized carbons (Fsp3) is 0.467. The molecule has 4 atom stereocenters. The molecule has 3 rings (SSSR count). The monoisotopic (exact) mass is 228 g/mol. The van der Waals surface area contributed by atoms with Crippen molar-refractivity contribution < 1.29 is 0 Å². The minimum Gasteiger partial charge on any atom is -0.324 e. The van der Waals surface area contributed by atoms with E-state index in [1.807, 2.05) is 0 Å². The topological polar surface area (TPSA) is 38.0 Å². The molecule has 17 heavy (non-hydrogen) atoms. The van der Waals surface area contributed by atoms with E-state index in [0.717, 1.165) is 18.9 Å². The maximum absolute atomic E-state index is 5.85. The van der Waals surface area contributed by atoms with Crippen molar-refractivity contribution in [3.05, 3.63) is 48.0 Å². The average Bonchev–Trinajstić information content (AvgIpc) is 3.03. The maximum Gasteiger partial charge on any atom is 0.0229 e. The molecule has 0 spiro atoms. The quantitative estimate of drug-likeness (QED) is 0.774. The van der Waals surface area contributed by atoms with Crippen LogP contribution in [0.5, 0.6) is 0 Å². The predicted octanol–water partition coefficient (Wildman–Crippen LogP) is 2.04. The van der Waals surface area contributed by atoms with E-state index in [-0.39, 0.29) is 6.04 Å². The summed E-state index contributed by atoms with van der Waals surface area (Å²) in [5, 5.41) is 3.66. The van der Waals surface area contributed by atoms with Crippen LogP contribution in [0.15, 0.2) is 42.5 Å². The van der Waals surface area contributed by atoms with Crippen LogP contribution in [-0.4, -0.2) is 18.6 Å². The van der Waals surface area contributed by atoms with E-state index in [4.69, 9.17) is 5.73 Å². The standard InChI is InChI=1S/C15H20N2/c16-13-7-6-11(8-13)10-17-15-9-14(15)12-4-2-1-3-5-12/h1-7,11,13-15,17H,8-10,16H2. The van der Waals surface area contributed by atoms with E-state index < -0.39 is 0 Å². The number of nitrogens with one attached hydrogen (secondary N) is 1. The Balaban J connectivity index is 1.46. The second kappa shape index (κ2) is 4.63. The first-order valence-corrected chi connectivity index (χ1v) is 6.55. The Morgan fingerprint density at radius 3 is 2.65 bits per heavy atom. The summed E-state index contributed by atoms with van der Waals surface area (Å²) in [4.78, 5) is 0. The molecule has 0 saturated heterocycles. The molecule has 2 aliphatic carbocycles. The zero-order chi connectivity index (χ0) is 11.7. The van der Waals surface area contributed by atoms with Crippen molar-refractivity contribution >= 4 is 0 Å². The van der Waals surface area contributed by atoms with Crippen molar-refractivity contribution in [2.75, 3.05) is 6.54 Å². The molecule has 1 aromatic carbocycles. The van der Waals surface area contributed by atoms with Crippen LogP contribution in [0.2, 0.25) is 0 Å². The van der Waals surface area contributed by atoms with Gasteiger partial charge in [0.1, 0.15) is 0 Å². The summed E-state index contributed by atoms with van der Waals surface area (Å²) < 4.78 is 0. The van der Waals surface area contributed by atoms with Gasteiger partial charge in [0.25, 0.3) is 0 Å². The fourth-order valence-electron chi connectivity index (χ4n) is 2.75. The first-order chi connectivity index (χ1) is 8.33. The molecule has 0 amide bonds. The molecule has 2 aliphatic rings. The van der Waals surface area contributed by atoms with Crippen LogP contribution in [0.25, 0.3) is 0 Å². The summed E-state index contributed by atoms with van der Waals surface area (Å²) in [7, 11) is 0. The Labute approximate surface area is 103 Å². The summed E-state index contributed by atoms with van der Waals surface area (Å²) in [5.41, 5.74) is 7.33. The average molecular weight is 228 g/mol. The second-order valence-corrected chi connectivity index (χ2v) is 5.31. The Morgan fingerprint density at radius 1 is 1.12 bits per heavy atom. The van der Waals surface area contributed by atoms with Crippen molar-refractivity contribution in [3.63, 3.8) is 0 Å². The molecule has 1 fully saturated rings. The number of hydrogen-bond acceptors (Lipinski definition) is 2. The molecule has 0 radical (unpaired) electrons. The third-order valence-corrected chi connectivity index (χ3v) is 3.87. The number of rotatable bonds is 4. The molecule has 0 heterocycles. The minimum absolute atomic E-state index is 0.283. The van der Waals surface area contributed by atoms with Crippen LogP contribution >= 0.6 is 0 Å². The predicted molar refractivity (Wildman–Crippen MR) is 70.8 cm³/mol. The summed E-state index contributed by atoms with van der Waals surface area (Å²) in [6.07, 6.45) is 6.79. The highest BCUT2D eigenvalue weighted by Crippen LogP contribution is 2.40. The lowest BCUT2D eigenvalue weighted by Crippen LogP contribution is -2.26. The van der Waals surface area contributed by atoms with Crippen molar-refractivity contribution in [3.8, 4) is 0 Å². The summed E-state index contributed by atoms with van der Waals surface area (Å²) in [5.74, 6) is 1.37. The van der Waals surface area contributed by atoms with Crippen LogP contribution < -0.4 is 11.1 Å². The Morgan fingerprint density at radius 2 is 1.94 bits per heavy atom. The largest absolute Gasteiger partial charge is 0.324 e. The molecule has 90 valence electrons. The molecule has 2 nitrogen and oxygen atoms in total. The van der Waals surface area contributed by atoms with Crippen molar-refractivity contribution in [1.29, 1.82) is 0 Å². The lowest BCUT2D eigenvalue weighted by Gasteiger charge is -2.10. The SMILES string of the molecule is NC1C=CC(CNC2CC2c2ccccc2)C1. The molecule has 1 saturated carbocycles. The van der Waals surface area contributed by atoms with Gasteiger partial charge in [-0.25, -0.2) is 0 Å². The van der Waals surface area contributed by atoms with E-state index in [9.17, 15) is 0 Å². The molecule has 0 aliphatic heterocycles. The van der Waals surface area contributed by atoms with Crippen molar-refractivity contribution in [1.82, 2.24) is 5.32 Å². The summed E-state index contributed by atoms with van der Waals surface area (Å²) in [6.45, 7) is 1.08. The lowest BCUT2D eigenvalue weighted by atomic mass is 10.1. The highest BCUT2D eigenvalue weighted by molar-refractivity contribution is 5.27. The number of nitrogens with two attached hydrogens (primary N) is 1. The van der Waals surface area contributed by atoms with Crippen molar-refractivity contribution in [2.24, 2.45) is 11.7 Å². The highest BCUT2D eigenvalue weighted by atomic mass is 15.0. The normalized spacial score (nSPS) is 35.1.